The number of nitrogens with zero attached hydrogens (tertiary/aromatic N) is 1. The summed E-state index contributed by atoms with van der Waals surface area (Å²) in [5.41, 5.74) is 2.84. The third-order valence-electron chi connectivity index (χ3n) is 3.41. The van der Waals surface area contributed by atoms with Crippen LogP contribution in [0.1, 0.15) is 41.5 Å². The molecule has 0 bridgehead atoms. The predicted octanol–water partition coefficient (Wildman–Crippen LogP) is 5.29. The Balaban J connectivity index is 3.25. The molecule has 0 aromatic heterocycles. The molecule has 100 valence electrons. The summed E-state index contributed by atoms with van der Waals surface area (Å²) in [5.74, 6) is 0. The van der Waals surface area contributed by atoms with Crippen molar-refractivity contribution in [3.8, 4) is 0 Å². The molecule has 0 amide bonds. The summed E-state index contributed by atoms with van der Waals surface area (Å²) in [7, 11) is 0. The van der Waals surface area contributed by atoms with Gasteiger partial charge in [-0.25, -0.2) is 0 Å². The van der Waals surface area contributed by atoms with Gasteiger partial charge in [0, 0.05) is 18.3 Å². The van der Waals surface area contributed by atoms with Crippen LogP contribution in [0.5, 0.6) is 0 Å². The topological polar surface area (TPSA) is 3.24 Å². The zero-order valence-electron chi connectivity index (χ0n) is 11.4. The van der Waals surface area contributed by atoms with Crippen LogP contribution in [0.3, 0.4) is 0 Å². The molecular formula is C12H22Br2NPS. The zero-order valence-corrected chi connectivity index (χ0v) is 16.3. The molecule has 5 heteroatoms. The second-order valence-electron chi connectivity index (χ2n) is 5.28. The van der Waals surface area contributed by atoms with E-state index in [4.69, 9.17) is 11.8 Å². The summed E-state index contributed by atoms with van der Waals surface area (Å²) in [6.07, 6.45) is -1.66. The smallest absolute Gasteiger partial charge is 0.0782 e. The third-order valence-corrected chi connectivity index (χ3v) is 15.7. The van der Waals surface area contributed by atoms with Crippen molar-refractivity contribution in [3.05, 3.63) is 11.1 Å². The fourth-order valence-corrected chi connectivity index (χ4v) is 12.7. The highest BCUT2D eigenvalue weighted by Crippen LogP contribution is 2.72. The molecule has 0 radical (unpaired) electrons. The Morgan fingerprint density at radius 3 is 1.53 bits per heavy atom. The van der Waals surface area contributed by atoms with Crippen LogP contribution < -0.4 is 0 Å². The van der Waals surface area contributed by atoms with Crippen LogP contribution in [0.2, 0.25) is 0 Å². The summed E-state index contributed by atoms with van der Waals surface area (Å²) in [4.78, 5) is 0. The molecule has 0 fully saturated rings. The maximum Gasteiger partial charge on any atom is 0.0782 e. The van der Waals surface area contributed by atoms with Gasteiger partial charge in [-0.1, -0.05) is 54.8 Å². The Morgan fingerprint density at radius 2 is 1.29 bits per heavy atom. The van der Waals surface area contributed by atoms with Crippen molar-refractivity contribution in [2.75, 3.05) is 0 Å². The van der Waals surface area contributed by atoms with E-state index in [-0.39, 0.29) is 0 Å². The van der Waals surface area contributed by atoms with Gasteiger partial charge in [0.15, 0.2) is 0 Å². The van der Waals surface area contributed by atoms with E-state index in [0.717, 1.165) is 0 Å². The van der Waals surface area contributed by atoms with Gasteiger partial charge in [-0.15, -0.1) is 0 Å². The molecular weight excluding hydrogens is 381 g/mol. The summed E-state index contributed by atoms with van der Waals surface area (Å²) < 4.78 is 3.24. The lowest BCUT2D eigenvalue weighted by Crippen LogP contribution is -2.37. The van der Waals surface area contributed by atoms with E-state index >= 15 is 0 Å². The summed E-state index contributed by atoms with van der Waals surface area (Å²) in [6, 6.07) is 0.972. The second kappa shape index (κ2) is 5.75. The van der Waals surface area contributed by atoms with Crippen molar-refractivity contribution in [1.82, 2.24) is 4.67 Å². The van der Waals surface area contributed by atoms with Gasteiger partial charge >= 0.3 is 0 Å². The first-order chi connectivity index (χ1) is 7.65. The number of allylic oxidation sites excluding steroid dienone is 2. The van der Waals surface area contributed by atoms with Crippen molar-refractivity contribution in [2.24, 2.45) is 0 Å². The van der Waals surface area contributed by atoms with Crippen molar-refractivity contribution in [2.45, 2.75) is 62.8 Å². The molecule has 17 heavy (non-hydrogen) atoms. The number of alkyl halides is 2. The van der Waals surface area contributed by atoms with E-state index < -0.39 is 6.19 Å². The van der Waals surface area contributed by atoms with Gasteiger partial charge in [0.05, 0.1) is 9.14 Å². The van der Waals surface area contributed by atoms with Crippen LogP contribution >= 0.6 is 38.0 Å². The normalized spacial score (nSPS) is 34.5. The molecule has 0 aromatic carbocycles. The van der Waals surface area contributed by atoms with Gasteiger partial charge in [-0.3, -0.25) is 4.67 Å². The molecule has 0 aliphatic carbocycles. The fourth-order valence-electron chi connectivity index (χ4n) is 2.60. The van der Waals surface area contributed by atoms with E-state index in [1.165, 1.54) is 11.1 Å². The lowest BCUT2D eigenvalue weighted by atomic mass is 10.2. The molecule has 0 N–H and O–H groups in total. The Hall–Kier alpha value is 1.31. The summed E-state index contributed by atoms with van der Waals surface area (Å²) >= 11 is 13.9. The Bertz CT molecular complexity index is 349. The first-order valence-electron chi connectivity index (χ1n) is 5.99. The highest BCUT2D eigenvalue weighted by molar-refractivity contribution is 9.13. The average molecular weight is 403 g/mol. The van der Waals surface area contributed by atoms with Crippen LogP contribution in [-0.4, -0.2) is 25.9 Å². The van der Waals surface area contributed by atoms with Crippen molar-refractivity contribution in [1.29, 1.82) is 0 Å². The molecule has 3 atom stereocenters. The largest absolute Gasteiger partial charge is 0.268 e. The molecule has 1 rings (SSSR count). The van der Waals surface area contributed by atoms with Crippen LogP contribution in [0.25, 0.3) is 0 Å². The highest BCUT2D eigenvalue weighted by Gasteiger charge is 2.47. The Morgan fingerprint density at radius 1 is 1.00 bits per heavy atom. The SMILES string of the molecule is CC1=C(C)[C@H](Br)P(=S)(N(C(C)C)C(C)C)[C@@H]1Br. The standard InChI is InChI=1S/C12H22Br2NPS/c1-7(2)15(8(3)4)16(17)11(13)9(5)10(6)12(16)14/h7-8,11-12H,1-6H3/t11-,12+,16?. The van der Waals surface area contributed by atoms with Gasteiger partial charge in [-0.05, 0) is 41.5 Å². The number of halogens is 2. The number of hydrogen-bond acceptors (Lipinski definition) is 1. The van der Waals surface area contributed by atoms with Crippen LogP contribution in [0, 0.1) is 0 Å². The fraction of sp³-hybridized carbons (Fsp3) is 0.833. The highest BCUT2D eigenvalue weighted by atomic mass is 79.9. The minimum atomic E-state index is -1.66. The number of hydrogen-bond donors (Lipinski definition) is 0. The molecule has 0 saturated carbocycles. The maximum absolute atomic E-state index is 6.14. The van der Waals surface area contributed by atoms with Crippen molar-refractivity contribution in [3.63, 3.8) is 0 Å². The molecule has 1 nitrogen and oxygen atoms in total. The molecule has 0 aromatic rings. The van der Waals surface area contributed by atoms with Gasteiger partial charge in [0.2, 0.25) is 0 Å². The van der Waals surface area contributed by atoms with Gasteiger partial charge in [0.1, 0.15) is 0 Å². The van der Waals surface area contributed by atoms with Gasteiger partial charge < -0.3 is 0 Å². The third kappa shape index (κ3) is 2.63. The van der Waals surface area contributed by atoms with Crippen LogP contribution in [-0.2, 0) is 11.8 Å². The van der Waals surface area contributed by atoms with E-state index in [2.05, 4.69) is 78.1 Å². The minimum Gasteiger partial charge on any atom is -0.268 e. The quantitative estimate of drug-likeness (QED) is 0.358. The molecule has 1 heterocycles. The van der Waals surface area contributed by atoms with Crippen LogP contribution in [0.15, 0.2) is 11.1 Å². The lowest BCUT2D eigenvalue weighted by molar-refractivity contribution is 0.321. The van der Waals surface area contributed by atoms with E-state index in [9.17, 15) is 0 Å². The minimum absolute atomic E-state index is 0.346. The predicted molar refractivity (Wildman–Crippen MR) is 90.2 cm³/mol. The lowest BCUT2D eigenvalue weighted by Gasteiger charge is -2.43. The second-order valence-corrected chi connectivity index (χ2v) is 13.1. The monoisotopic (exact) mass is 401 g/mol. The average Bonchev–Trinajstić information content (AvgIpc) is 2.34. The summed E-state index contributed by atoms with van der Waals surface area (Å²) in [6.45, 7) is 13.4. The molecule has 1 unspecified atom stereocenters. The molecule has 1 aliphatic rings. The first-order valence-corrected chi connectivity index (χ1v) is 10.7. The van der Waals surface area contributed by atoms with E-state index in [1.807, 2.05) is 0 Å². The van der Waals surface area contributed by atoms with Crippen LogP contribution in [0.4, 0.5) is 0 Å². The van der Waals surface area contributed by atoms with Crippen molar-refractivity contribution < 1.29 is 0 Å². The summed E-state index contributed by atoms with van der Waals surface area (Å²) in [5, 5.41) is 0. The van der Waals surface area contributed by atoms with Gasteiger partial charge in [-0.2, -0.15) is 0 Å². The van der Waals surface area contributed by atoms with E-state index in [0.29, 0.717) is 21.2 Å². The molecule has 1 aliphatic heterocycles. The van der Waals surface area contributed by atoms with E-state index in [1.54, 1.807) is 0 Å². The van der Waals surface area contributed by atoms with Crippen molar-refractivity contribution >= 4 is 49.9 Å². The Kier molecular flexibility index (Phi) is 5.53. The van der Waals surface area contributed by atoms with Gasteiger partial charge in [0.25, 0.3) is 0 Å². The Labute approximate surface area is 128 Å². The molecule has 0 spiro atoms. The first kappa shape index (κ1) is 16.4. The molecule has 0 saturated heterocycles. The maximum atomic E-state index is 6.14. The zero-order chi connectivity index (χ0) is 13.5. The number of rotatable bonds is 3.